The van der Waals surface area contributed by atoms with Gasteiger partial charge < -0.3 is 15.4 Å². The fraction of sp³-hybridized carbons (Fsp3) is 0.222. The largest absolute Gasteiger partial charge is 0.465 e. The van der Waals surface area contributed by atoms with E-state index in [2.05, 4.69) is 16.4 Å². The first kappa shape index (κ1) is 17.2. The van der Waals surface area contributed by atoms with Crippen LogP contribution in [0.4, 0.5) is 0 Å². The van der Waals surface area contributed by atoms with Crippen molar-refractivity contribution in [2.45, 2.75) is 6.92 Å². The summed E-state index contributed by atoms with van der Waals surface area (Å²) >= 11 is 0. The minimum absolute atomic E-state index is 0.217. The predicted octanol–water partition coefficient (Wildman–Crippen LogP) is 1.20. The summed E-state index contributed by atoms with van der Waals surface area (Å²) < 4.78 is 4.69. The van der Waals surface area contributed by atoms with Crippen molar-refractivity contribution in [3.05, 3.63) is 59.4 Å². The van der Waals surface area contributed by atoms with Crippen LogP contribution in [0.2, 0.25) is 0 Å². The molecule has 1 aliphatic rings. The minimum Gasteiger partial charge on any atom is -0.465 e. The van der Waals surface area contributed by atoms with E-state index in [9.17, 15) is 14.4 Å². The third kappa shape index (κ3) is 4.97. The molecule has 1 aromatic rings. The zero-order valence-corrected chi connectivity index (χ0v) is 13.3. The molecule has 0 saturated heterocycles. The molecule has 0 radical (unpaired) electrons. The second-order valence-electron chi connectivity index (χ2n) is 4.93. The van der Waals surface area contributed by atoms with Crippen molar-refractivity contribution in [2.75, 3.05) is 19.7 Å². The van der Waals surface area contributed by atoms with Gasteiger partial charge in [0.2, 0.25) is 5.91 Å². The highest BCUT2D eigenvalue weighted by molar-refractivity contribution is 5.97. The number of amides is 2. The van der Waals surface area contributed by atoms with Crippen LogP contribution < -0.4 is 10.6 Å². The Bertz CT molecular complexity index is 743. The van der Waals surface area contributed by atoms with Crippen molar-refractivity contribution >= 4 is 23.4 Å². The number of hydrogen-bond donors (Lipinski definition) is 2. The number of ether oxygens (including phenoxy) is 1. The Hall–Kier alpha value is -3.11. The van der Waals surface area contributed by atoms with Crippen LogP contribution in [0.1, 0.15) is 22.8 Å². The Balaban J connectivity index is 1.85. The van der Waals surface area contributed by atoms with Gasteiger partial charge in [-0.3, -0.25) is 14.4 Å². The van der Waals surface area contributed by atoms with Crippen LogP contribution >= 0.6 is 0 Å². The monoisotopic (exact) mass is 326 g/mol. The first-order chi connectivity index (χ1) is 11.6. The van der Waals surface area contributed by atoms with Crippen LogP contribution in [0.15, 0.2) is 48.2 Å². The molecule has 0 bridgehead atoms. The van der Waals surface area contributed by atoms with E-state index in [0.717, 1.165) is 11.1 Å². The van der Waals surface area contributed by atoms with Gasteiger partial charge in [0.1, 0.15) is 6.54 Å². The molecule has 0 aromatic heterocycles. The lowest BCUT2D eigenvalue weighted by molar-refractivity contribution is -0.143. The van der Waals surface area contributed by atoms with Gasteiger partial charge in [-0.05, 0) is 36.8 Å². The van der Waals surface area contributed by atoms with Crippen molar-refractivity contribution in [2.24, 2.45) is 0 Å². The fourth-order valence-corrected chi connectivity index (χ4v) is 2.05. The molecule has 0 heterocycles. The molecule has 2 amide bonds. The van der Waals surface area contributed by atoms with Gasteiger partial charge in [0.15, 0.2) is 0 Å². The van der Waals surface area contributed by atoms with Gasteiger partial charge in [0, 0.05) is 11.1 Å². The molecule has 0 unspecified atom stereocenters. The standard InChI is InChI=1S/C18H18N2O4/c1-2-24-17(22)12-19-16(21)11-20-18(23)15-9-5-8-14(10-15)13-6-3-4-7-13/h3-6,8-10H,2,11-12H2,1H3,(H,19,21)(H,20,23). The summed E-state index contributed by atoms with van der Waals surface area (Å²) in [4.78, 5) is 34.9. The lowest BCUT2D eigenvalue weighted by Gasteiger charge is -2.08. The highest BCUT2D eigenvalue weighted by atomic mass is 16.5. The SMILES string of the molecule is CCOC(=O)CNC(=O)CNC(=O)c1cccc(C2=C=CC=C2)c1. The van der Waals surface area contributed by atoms with E-state index in [1.54, 1.807) is 31.2 Å². The average Bonchev–Trinajstić information content (AvgIpc) is 3.13. The van der Waals surface area contributed by atoms with E-state index in [0.29, 0.717) is 5.56 Å². The minimum atomic E-state index is -0.518. The summed E-state index contributed by atoms with van der Waals surface area (Å²) in [6.07, 6.45) is 5.58. The molecule has 0 spiro atoms. The van der Waals surface area contributed by atoms with Gasteiger partial charge in [-0.1, -0.05) is 18.2 Å². The van der Waals surface area contributed by atoms with Gasteiger partial charge >= 0.3 is 5.97 Å². The van der Waals surface area contributed by atoms with E-state index in [4.69, 9.17) is 4.74 Å². The number of nitrogens with one attached hydrogen (secondary N) is 2. The lowest BCUT2D eigenvalue weighted by atomic mass is 10.0. The second-order valence-corrected chi connectivity index (χ2v) is 4.93. The molecule has 6 nitrogen and oxygen atoms in total. The number of benzene rings is 1. The first-order valence-electron chi connectivity index (χ1n) is 7.54. The van der Waals surface area contributed by atoms with Crippen molar-refractivity contribution in [3.63, 3.8) is 0 Å². The molecular weight excluding hydrogens is 308 g/mol. The summed E-state index contributed by atoms with van der Waals surface area (Å²) in [5.74, 6) is -1.34. The smallest absolute Gasteiger partial charge is 0.325 e. The number of hydrogen-bond acceptors (Lipinski definition) is 4. The van der Waals surface area contributed by atoms with Crippen LogP contribution in [0.5, 0.6) is 0 Å². The van der Waals surface area contributed by atoms with E-state index < -0.39 is 11.9 Å². The van der Waals surface area contributed by atoms with Crippen molar-refractivity contribution in [1.29, 1.82) is 0 Å². The fourth-order valence-electron chi connectivity index (χ4n) is 2.05. The van der Waals surface area contributed by atoms with Crippen LogP contribution in [0.25, 0.3) is 5.57 Å². The Morgan fingerprint density at radius 2 is 2.00 bits per heavy atom. The second kappa shape index (κ2) is 8.50. The van der Waals surface area contributed by atoms with Gasteiger partial charge in [-0.15, -0.1) is 5.73 Å². The number of carbonyl (C=O) groups excluding carboxylic acids is 3. The molecule has 24 heavy (non-hydrogen) atoms. The Morgan fingerprint density at radius 3 is 2.71 bits per heavy atom. The van der Waals surface area contributed by atoms with Gasteiger partial charge in [0.05, 0.1) is 13.2 Å². The number of esters is 1. The van der Waals surface area contributed by atoms with Crippen LogP contribution in [0.3, 0.4) is 0 Å². The number of carbonyl (C=O) groups is 3. The van der Waals surface area contributed by atoms with Gasteiger partial charge in [-0.25, -0.2) is 0 Å². The maximum atomic E-state index is 12.1. The predicted molar refractivity (Wildman–Crippen MR) is 89.0 cm³/mol. The maximum Gasteiger partial charge on any atom is 0.325 e. The van der Waals surface area contributed by atoms with E-state index >= 15 is 0 Å². The molecule has 2 rings (SSSR count). The van der Waals surface area contributed by atoms with Crippen LogP contribution in [-0.4, -0.2) is 37.5 Å². The van der Waals surface area contributed by atoms with Crippen molar-refractivity contribution in [1.82, 2.24) is 10.6 Å². The molecule has 0 saturated carbocycles. The van der Waals surface area contributed by atoms with Gasteiger partial charge in [-0.2, -0.15) is 0 Å². The Kier molecular flexibility index (Phi) is 6.11. The van der Waals surface area contributed by atoms with Crippen LogP contribution in [0, 0.1) is 0 Å². The molecular formula is C18H18N2O4. The first-order valence-corrected chi connectivity index (χ1v) is 7.54. The van der Waals surface area contributed by atoms with E-state index in [-0.39, 0.29) is 25.6 Å². The maximum absolute atomic E-state index is 12.1. The molecule has 2 N–H and O–H groups in total. The summed E-state index contributed by atoms with van der Waals surface area (Å²) in [5, 5.41) is 4.89. The third-order valence-electron chi connectivity index (χ3n) is 3.18. The highest BCUT2D eigenvalue weighted by Crippen LogP contribution is 2.18. The number of allylic oxidation sites excluding steroid dienone is 3. The summed E-state index contributed by atoms with van der Waals surface area (Å²) in [6.45, 7) is 1.50. The molecule has 1 aliphatic carbocycles. The average molecular weight is 326 g/mol. The topological polar surface area (TPSA) is 84.5 Å². The van der Waals surface area contributed by atoms with Gasteiger partial charge in [0.25, 0.3) is 5.91 Å². The molecule has 1 aromatic carbocycles. The molecule has 0 atom stereocenters. The Morgan fingerprint density at radius 1 is 1.17 bits per heavy atom. The Labute approximate surface area is 139 Å². The lowest BCUT2D eigenvalue weighted by Crippen LogP contribution is -2.39. The van der Waals surface area contributed by atoms with Crippen molar-refractivity contribution < 1.29 is 19.1 Å². The van der Waals surface area contributed by atoms with Crippen LogP contribution in [-0.2, 0) is 14.3 Å². The van der Waals surface area contributed by atoms with E-state index in [1.165, 1.54) is 0 Å². The summed E-state index contributed by atoms with van der Waals surface area (Å²) in [5.41, 5.74) is 5.29. The summed E-state index contributed by atoms with van der Waals surface area (Å²) in [7, 11) is 0. The number of rotatable bonds is 7. The van der Waals surface area contributed by atoms with Crippen molar-refractivity contribution in [3.8, 4) is 0 Å². The molecule has 6 heteroatoms. The third-order valence-corrected chi connectivity index (χ3v) is 3.18. The summed E-state index contributed by atoms with van der Waals surface area (Å²) in [6, 6.07) is 7.05. The molecule has 0 fully saturated rings. The normalized spacial score (nSPS) is 11.8. The zero-order chi connectivity index (χ0) is 17.4. The molecule has 124 valence electrons. The quantitative estimate of drug-likeness (QED) is 0.582. The highest BCUT2D eigenvalue weighted by Gasteiger charge is 2.11. The molecule has 0 aliphatic heterocycles. The zero-order valence-electron chi connectivity index (χ0n) is 13.3. The van der Waals surface area contributed by atoms with E-state index in [1.807, 2.05) is 18.2 Å².